The summed E-state index contributed by atoms with van der Waals surface area (Å²) in [4.78, 5) is 0. The maximum absolute atomic E-state index is 5.32. The van der Waals surface area contributed by atoms with Gasteiger partial charge in [-0.3, -0.25) is 0 Å². The molecular weight excluding hydrogens is 314 g/mol. The monoisotopic (exact) mass is 339 g/mol. The fourth-order valence-corrected chi connectivity index (χ4v) is 4.24. The van der Waals surface area contributed by atoms with Crippen molar-refractivity contribution in [1.29, 1.82) is 0 Å². The third-order valence-electron chi connectivity index (χ3n) is 4.84. The molecule has 1 aliphatic carbocycles. The zero-order valence-electron chi connectivity index (χ0n) is 12.8. The lowest BCUT2D eigenvalue weighted by Crippen LogP contribution is -2.36. The van der Waals surface area contributed by atoms with Gasteiger partial charge in [0.1, 0.15) is 5.75 Å². The van der Waals surface area contributed by atoms with Crippen LogP contribution in [0.2, 0.25) is 0 Å². The van der Waals surface area contributed by atoms with E-state index in [0.717, 1.165) is 16.8 Å². The Morgan fingerprint density at radius 2 is 2.00 bits per heavy atom. The lowest BCUT2D eigenvalue weighted by atomic mass is 9.73. The molecule has 20 heavy (non-hydrogen) atoms. The Kier molecular flexibility index (Phi) is 5.50. The van der Waals surface area contributed by atoms with Crippen molar-refractivity contribution in [3.63, 3.8) is 0 Å². The minimum Gasteiger partial charge on any atom is -0.497 e. The standard InChI is InChI=1S/C17H26BrNO/c1-4-17(10-6-7-11-17)16(19-5-2)14-9-8-13(20-3)12-15(14)18/h8-9,12,16,19H,4-7,10-11H2,1-3H3. The summed E-state index contributed by atoms with van der Waals surface area (Å²) >= 11 is 3.74. The molecule has 0 radical (unpaired) electrons. The first kappa shape index (κ1) is 15.8. The molecule has 0 saturated heterocycles. The highest BCUT2D eigenvalue weighted by Crippen LogP contribution is 2.51. The maximum atomic E-state index is 5.32. The first-order valence-corrected chi connectivity index (χ1v) is 8.53. The molecule has 0 bridgehead atoms. The number of halogens is 1. The van der Waals surface area contributed by atoms with E-state index in [2.05, 4.69) is 53.3 Å². The van der Waals surface area contributed by atoms with Crippen LogP contribution in [0.5, 0.6) is 5.75 Å². The highest BCUT2D eigenvalue weighted by molar-refractivity contribution is 9.10. The Hall–Kier alpha value is -0.540. The largest absolute Gasteiger partial charge is 0.497 e. The molecule has 1 saturated carbocycles. The summed E-state index contributed by atoms with van der Waals surface area (Å²) in [5, 5.41) is 3.74. The van der Waals surface area contributed by atoms with Gasteiger partial charge in [0.2, 0.25) is 0 Å². The van der Waals surface area contributed by atoms with E-state index < -0.39 is 0 Å². The van der Waals surface area contributed by atoms with Gasteiger partial charge in [0.25, 0.3) is 0 Å². The number of methoxy groups -OCH3 is 1. The highest BCUT2D eigenvalue weighted by atomic mass is 79.9. The molecule has 1 atom stereocenters. The van der Waals surface area contributed by atoms with Crippen molar-refractivity contribution >= 4 is 15.9 Å². The van der Waals surface area contributed by atoms with Gasteiger partial charge in [-0.25, -0.2) is 0 Å². The second kappa shape index (κ2) is 6.95. The summed E-state index contributed by atoms with van der Waals surface area (Å²) in [5.41, 5.74) is 1.78. The normalized spacial score (nSPS) is 19.0. The van der Waals surface area contributed by atoms with Gasteiger partial charge in [0, 0.05) is 10.5 Å². The summed E-state index contributed by atoms with van der Waals surface area (Å²) < 4.78 is 6.47. The zero-order valence-corrected chi connectivity index (χ0v) is 14.4. The molecule has 2 nitrogen and oxygen atoms in total. The molecule has 1 N–H and O–H groups in total. The van der Waals surface area contributed by atoms with Crippen LogP contribution < -0.4 is 10.1 Å². The van der Waals surface area contributed by atoms with E-state index in [1.165, 1.54) is 37.7 Å². The molecule has 1 unspecified atom stereocenters. The van der Waals surface area contributed by atoms with E-state index >= 15 is 0 Å². The smallest absolute Gasteiger partial charge is 0.120 e. The molecule has 2 rings (SSSR count). The van der Waals surface area contributed by atoms with Gasteiger partial charge in [-0.1, -0.05) is 48.7 Å². The van der Waals surface area contributed by atoms with Crippen LogP contribution in [0, 0.1) is 5.41 Å². The van der Waals surface area contributed by atoms with Crippen molar-refractivity contribution < 1.29 is 4.74 Å². The predicted octanol–water partition coefficient (Wildman–Crippen LogP) is 5.08. The zero-order chi connectivity index (χ0) is 14.6. The predicted molar refractivity (Wildman–Crippen MR) is 88.3 cm³/mol. The van der Waals surface area contributed by atoms with E-state index in [1.54, 1.807) is 7.11 Å². The van der Waals surface area contributed by atoms with Crippen LogP contribution in [0.4, 0.5) is 0 Å². The quantitative estimate of drug-likeness (QED) is 0.780. The number of benzene rings is 1. The summed E-state index contributed by atoms with van der Waals surface area (Å²) in [6, 6.07) is 6.80. The Morgan fingerprint density at radius 3 is 2.50 bits per heavy atom. The molecule has 1 aromatic rings. The number of nitrogens with one attached hydrogen (secondary N) is 1. The van der Waals surface area contributed by atoms with E-state index in [0.29, 0.717) is 11.5 Å². The summed E-state index contributed by atoms with van der Waals surface area (Å²) in [6.45, 7) is 5.54. The van der Waals surface area contributed by atoms with Gasteiger partial charge in [0.05, 0.1) is 7.11 Å². The fourth-order valence-electron chi connectivity index (χ4n) is 3.65. The molecule has 1 aromatic carbocycles. The molecule has 0 aliphatic heterocycles. The molecule has 3 heteroatoms. The molecule has 1 fully saturated rings. The van der Waals surface area contributed by atoms with Gasteiger partial charge in [-0.2, -0.15) is 0 Å². The Bertz CT molecular complexity index is 441. The van der Waals surface area contributed by atoms with E-state index in [-0.39, 0.29) is 0 Å². The minimum atomic E-state index is 0.410. The average Bonchev–Trinajstić information content (AvgIpc) is 2.95. The SMILES string of the molecule is CCNC(c1ccc(OC)cc1Br)C1(CC)CCCC1. The van der Waals surface area contributed by atoms with Gasteiger partial charge in [-0.05, 0) is 48.9 Å². The van der Waals surface area contributed by atoms with E-state index in [1.807, 2.05) is 0 Å². The second-order valence-corrected chi connectivity index (χ2v) is 6.66. The maximum Gasteiger partial charge on any atom is 0.120 e. The van der Waals surface area contributed by atoms with E-state index in [4.69, 9.17) is 4.74 Å². The number of hydrogen-bond acceptors (Lipinski definition) is 2. The first-order valence-electron chi connectivity index (χ1n) is 7.73. The van der Waals surface area contributed by atoms with E-state index in [9.17, 15) is 0 Å². The van der Waals surface area contributed by atoms with Crippen LogP contribution >= 0.6 is 15.9 Å². The van der Waals surface area contributed by atoms with Crippen LogP contribution in [-0.2, 0) is 0 Å². The number of rotatable bonds is 6. The third kappa shape index (κ3) is 3.04. The molecular formula is C17H26BrNO. The lowest BCUT2D eigenvalue weighted by molar-refractivity contribution is 0.188. The summed E-state index contributed by atoms with van der Waals surface area (Å²) in [6.07, 6.45) is 6.63. The minimum absolute atomic E-state index is 0.410. The number of hydrogen-bond donors (Lipinski definition) is 1. The Morgan fingerprint density at radius 1 is 1.30 bits per heavy atom. The molecule has 1 aliphatic rings. The van der Waals surface area contributed by atoms with Crippen molar-refractivity contribution in [1.82, 2.24) is 5.32 Å². The molecule has 0 spiro atoms. The topological polar surface area (TPSA) is 21.3 Å². The summed E-state index contributed by atoms with van der Waals surface area (Å²) in [7, 11) is 1.72. The van der Waals surface area contributed by atoms with Crippen LogP contribution in [0.25, 0.3) is 0 Å². The van der Waals surface area contributed by atoms with Crippen LogP contribution in [0.15, 0.2) is 22.7 Å². The van der Waals surface area contributed by atoms with Gasteiger partial charge in [0.15, 0.2) is 0 Å². The molecule has 0 amide bonds. The van der Waals surface area contributed by atoms with Crippen molar-refractivity contribution in [2.75, 3.05) is 13.7 Å². The van der Waals surface area contributed by atoms with Crippen molar-refractivity contribution in [2.24, 2.45) is 5.41 Å². The van der Waals surface area contributed by atoms with Crippen molar-refractivity contribution in [2.45, 2.75) is 52.0 Å². The van der Waals surface area contributed by atoms with Crippen molar-refractivity contribution in [3.05, 3.63) is 28.2 Å². The fraction of sp³-hybridized carbons (Fsp3) is 0.647. The summed E-state index contributed by atoms with van der Waals surface area (Å²) in [5.74, 6) is 0.910. The highest BCUT2D eigenvalue weighted by Gasteiger charge is 2.40. The molecule has 0 heterocycles. The van der Waals surface area contributed by atoms with Gasteiger partial charge in [-0.15, -0.1) is 0 Å². The average molecular weight is 340 g/mol. The lowest BCUT2D eigenvalue weighted by Gasteiger charge is -2.38. The van der Waals surface area contributed by atoms with Gasteiger partial charge < -0.3 is 10.1 Å². The molecule has 112 valence electrons. The first-order chi connectivity index (χ1) is 9.66. The van der Waals surface area contributed by atoms with Crippen LogP contribution in [0.3, 0.4) is 0 Å². The number of ether oxygens (including phenoxy) is 1. The Labute approximate surface area is 131 Å². The molecule has 0 aromatic heterocycles. The second-order valence-electron chi connectivity index (χ2n) is 5.80. The Balaban J connectivity index is 2.37. The third-order valence-corrected chi connectivity index (χ3v) is 5.53. The van der Waals surface area contributed by atoms with Crippen LogP contribution in [0.1, 0.15) is 57.6 Å². The van der Waals surface area contributed by atoms with Gasteiger partial charge >= 0.3 is 0 Å². The van der Waals surface area contributed by atoms with Crippen LogP contribution in [-0.4, -0.2) is 13.7 Å². The van der Waals surface area contributed by atoms with Crippen molar-refractivity contribution in [3.8, 4) is 5.75 Å².